The number of nitrogens with one attached hydrogen (secondary N) is 2. The van der Waals surface area contributed by atoms with E-state index in [0.29, 0.717) is 23.4 Å². The zero-order valence-corrected chi connectivity index (χ0v) is 13.0. The summed E-state index contributed by atoms with van der Waals surface area (Å²) < 4.78 is 25.9. The number of hydrogen-bond donors (Lipinski definition) is 2. The lowest BCUT2D eigenvalue weighted by Crippen LogP contribution is -2.15. The Morgan fingerprint density at radius 1 is 1.05 bits per heavy atom. The van der Waals surface area contributed by atoms with Gasteiger partial charge in [-0.15, -0.1) is 0 Å². The molecule has 0 spiro atoms. The van der Waals surface area contributed by atoms with Crippen LogP contribution in [-0.4, -0.2) is 14.2 Å². The molecule has 0 saturated heterocycles. The van der Waals surface area contributed by atoms with Crippen molar-refractivity contribution in [2.45, 2.75) is 13.3 Å². The molecule has 6 heteroatoms. The van der Waals surface area contributed by atoms with Crippen LogP contribution < -0.4 is 10.0 Å². The van der Waals surface area contributed by atoms with Gasteiger partial charge in [0.2, 0.25) is 10.0 Å². The number of anilines is 3. The summed E-state index contributed by atoms with van der Waals surface area (Å²) in [5, 5.41) is 12.2. The minimum atomic E-state index is -3.28. The molecule has 114 valence electrons. The van der Waals surface area contributed by atoms with Crippen molar-refractivity contribution in [3.8, 4) is 6.07 Å². The highest BCUT2D eigenvalue weighted by Gasteiger charge is 2.08. The van der Waals surface area contributed by atoms with E-state index >= 15 is 0 Å². The van der Waals surface area contributed by atoms with Gasteiger partial charge in [-0.2, -0.15) is 5.26 Å². The van der Waals surface area contributed by atoms with E-state index < -0.39 is 10.0 Å². The third kappa shape index (κ3) is 4.24. The minimum absolute atomic E-state index is 0.0997. The second kappa shape index (κ2) is 6.96. The van der Waals surface area contributed by atoms with Crippen LogP contribution in [0.15, 0.2) is 48.5 Å². The number of hydrogen-bond acceptors (Lipinski definition) is 4. The molecule has 2 aromatic carbocycles. The Hall–Kier alpha value is -2.52. The van der Waals surface area contributed by atoms with Crippen molar-refractivity contribution in [2.24, 2.45) is 0 Å². The van der Waals surface area contributed by atoms with Gasteiger partial charge >= 0.3 is 0 Å². The maximum absolute atomic E-state index is 11.7. The molecule has 0 unspecified atom stereocenters. The predicted octanol–water partition coefficient (Wildman–Crippen LogP) is 3.45. The summed E-state index contributed by atoms with van der Waals surface area (Å²) in [6, 6.07) is 16.2. The molecule has 0 aromatic heterocycles. The smallest absolute Gasteiger partial charge is 0.232 e. The monoisotopic (exact) mass is 315 g/mol. The molecule has 0 aliphatic carbocycles. The van der Waals surface area contributed by atoms with Gasteiger partial charge in [0.25, 0.3) is 0 Å². The van der Waals surface area contributed by atoms with Crippen LogP contribution in [0.3, 0.4) is 0 Å². The highest BCUT2D eigenvalue weighted by molar-refractivity contribution is 7.92. The van der Waals surface area contributed by atoms with E-state index in [1.165, 1.54) is 0 Å². The Kier molecular flexibility index (Phi) is 5.02. The van der Waals surface area contributed by atoms with E-state index in [4.69, 9.17) is 5.26 Å². The molecule has 5 nitrogen and oxygen atoms in total. The third-order valence-electron chi connectivity index (χ3n) is 2.96. The minimum Gasteiger partial charge on any atom is -0.354 e. The van der Waals surface area contributed by atoms with Crippen molar-refractivity contribution < 1.29 is 8.42 Å². The Labute approximate surface area is 130 Å². The quantitative estimate of drug-likeness (QED) is 0.855. The van der Waals surface area contributed by atoms with Crippen LogP contribution in [0.1, 0.15) is 18.9 Å². The molecule has 2 rings (SSSR count). The second-order valence-electron chi connectivity index (χ2n) is 4.78. The number of sulfonamides is 1. The van der Waals surface area contributed by atoms with Crippen LogP contribution in [0.5, 0.6) is 0 Å². The summed E-state index contributed by atoms with van der Waals surface area (Å²) in [6.07, 6.45) is 0.569. The molecule has 0 heterocycles. The van der Waals surface area contributed by atoms with Crippen LogP contribution in [0.4, 0.5) is 17.1 Å². The second-order valence-corrected chi connectivity index (χ2v) is 6.62. The summed E-state index contributed by atoms with van der Waals surface area (Å²) in [5.74, 6) is 0.0997. The number of nitrogens with zero attached hydrogens (tertiary/aromatic N) is 1. The highest BCUT2D eigenvalue weighted by Crippen LogP contribution is 2.22. The molecule has 0 bridgehead atoms. The normalized spacial score (nSPS) is 10.7. The highest BCUT2D eigenvalue weighted by atomic mass is 32.2. The SMILES string of the molecule is CCCS(=O)(=O)Nc1ccc(Nc2ccccc2C#N)cc1. The molecule has 2 N–H and O–H groups in total. The Morgan fingerprint density at radius 3 is 2.32 bits per heavy atom. The van der Waals surface area contributed by atoms with Gasteiger partial charge in [-0.25, -0.2) is 8.42 Å². The van der Waals surface area contributed by atoms with Crippen LogP contribution in [0.25, 0.3) is 0 Å². The number of nitriles is 1. The molecule has 0 aliphatic heterocycles. The largest absolute Gasteiger partial charge is 0.354 e. The summed E-state index contributed by atoms with van der Waals surface area (Å²) >= 11 is 0. The first-order valence-corrected chi connectivity index (χ1v) is 8.56. The summed E-state index contributed by atoms with van der Waals surface area (Å²) in [5.41, 5.74) is 2.56. The van der Waals surface area contributed by atoms with E-state index in [1.54, 1.807) is 36.4 Å². The van der Waals surface area contributed by atoms with Crippen molar-refractivity contribution in [3.05, 3.63) is 54.1 Å². The number of para-hydroxylation sites is 1. The van der Waals surface area contributed by atoms with Crippen LogP contribution in [-0.2, 0) is 10.0 Å². The fourth-order valence-corrected chi connectivity index (χ4v) is 3.10. The van der Waals surface area contributed by atoms with Gasteiger partial charge in [0.05, 0.1) is 17.0 Å². The van der Waals surface area contributed by atoms with Crippen molar-refractivity contribution in [2.75, 3.05) is 15.8 Å². The summed E-state index contributed by atoms with van der Waals surface area (Å²) in [4.78, 5) is 0. The predicted molar refractivity (Wildman–Crippen MR) is 88.6 cm³/mol. The molecule has 0 atom stereocenters. The molecule has 0 saturated carbocycles. The van der Waals surface area contributed by atoms with Gasteiger partial charge in [-0.05, 0) is 42.8 Å². The first-order chi connectivity index (χ1) is 10.5. The average Bonchev–Trinajstić information content (AvgIpc) is 2.49. The van der Waals surface area contributed by atoms with Gasteiger partial charge in [-0.3, -0.25) is 4.72 Å². The van der Waals surface area contributed by atoms with Crippen LogP contribution >= 0.6 is 0 Å². The summed E-state index contributed by atoms with van der Waals surface area (Å²) in [6.45, 7) is 1.82. The van der Waals surface area contributed by atoms with E-state index in [2.05, 4.69) is 16.1 Å². The molecular formula is C16H17N3O2S. The van der Waals surface area contributed by atoms with Crippen LogP contribution in [0.2, 0.25) is 0 Å². The fraction of sp³-hybridized carbons (Fsp3) is 0.188. The third-order valence-corrected chi connectivity index (χ3v) is 4.45. The van der Waals surface area contributed by atoms with Gasteiger partial charge in [0, 0.05) is 11.4 Å². The van der Waals surface area contributed by atoms with Crippen LogP contribution in [0, 0.1) is 11.3 Å². The lowest BCUT2D eigenvalue weighted by atomic mass is 10.2. The maximum Gasteiger partial charge on any atom is 0.232 e. The van der Waals surface area contributed by atoms with E-state index in [-0.39, 0.29) is 5.75 Å². The Morgan fingerprint density at radius 2 is 1.68 bits per heavy atom. The zero-order valence-electron chi connectivity index (χ0n) is 12.2. The van der Waals surface area contributed by atoms with Gasteiger partial charge in [0.1, 0.15) is 6.07 Å². The molecule has 0 radical (unpaired) electrons. The lowest BCUT2D eigenvalue weighted by Gasteiger charge is -2.10. The molecule has 0 aliphatic rings. The van der Waals surface area contributed by atoms with Crippen molar-refractivity contribution in [1.82, 2.24) is 0 Å². The molecular weight excluding hydrogens is 298 g/mol. The topological polar surface area (TPSA) is 82.0 Å². The first kappa shape index (κ1) is 15.9. The zero-order chi connectivity index (χ0) is 16.0. The standard InChI is InChI=1S/C16H17N3O2S/c1-2-11-22(20,21)19-15-9-7-14(8-10-15)18-16-6-4-3-5-13(16)12-17/h3-10,18-19H,2,11H2,1H3. The first-order valence-electron chi connectivity index (χ1n) is 6.91. The Balaban J connectivity index is 2.11. The molecule has 0 amide bonds. The summed E-state index contributed by atoms with van der Waals surface area (Å²) in [7, 11) is -3.28. The number of benzene rings is 2. The average molecular weight is 315 g/mol. The van der Waals surface area contributed by atoms with E-state index in [9.17, 15) is 8.42 Å². The van der Waals surface area contributed by atoms with Crippen molar-refractivity contribution in [1.29, 1.82) is 5.26 Å². The molecule has 22 heavy (non-hydrogen) atoms. The lowest BCUT2D eigenvalue weighted by molar-refractivity contribution is 0.600. The maximum atomic E-state index is 11.7. The van der Waals surface area contributed by atoms with Gasteiger partial charge in [-0.1, -0.05) is 19.1 Å². The van der Waals surface area contributed by atoms with E-state index in [1.807, 2.05) is 19.1 Å². The number of rotatable bonds is 6. The van der Waals surface area contributed by atoms with Gasteiger partial charge in [0.15, 0.2) is 0 Å². The van der Waals surface area contributed by atoms with Gasteiger partial charge < -0.3 is 5.32 Å². The molecule has 0 fully saturated rings. The van der Waals surface area contributed by atoms with E-state index in [0.717, 1.165) is 5.69 Å². The molecule has 2 aromatic rings. The fourth-order valence-electron chi connectivity index (χ4n) is 1.97. The van der Waals surface area contributed by atoms with Crippen molar-refractivity contribution >= 4 is 27.1 Å². The Bertz CT molecular complexity index is 778. The van der Waals surface area contributed by atoms with Crippen molar-refractivity contribution in [3.63, 3.8) is 0 Å².